The van der Waals surface area contributed by atoms with E-state index in [1.54, 1.807) is 54.7 Å². The van der Waals surface area contributed by atoms with Crippen molar-refractivity contribution in [1.29, 1.82) is 0 Å². The molecule has 0 saturated carbocycles. The summed E-state index contributed by atoms with van der Waals surface area (Å²) in [5, 5.41) is 7.49. The molecule has 13 nitrogen and oxygen atoms in total. The molecule has 1 aromatic heterocycles. The lowest BCUT2D eigenvalue weighted by Gasteiger charge is -2.39. The van der Waals surface area contributed by atoms with Crippen molar-refractivity contribution in [2.24, 2.45) is 0 Å². The van der Waals surface area contributed by atoms with E-state index in [-0.39, 0.29) is 17.7 Å². The molecule has 2 N–H and O–H groups in total. The third-order valence-corrected chi connectivity index (χ3v) is 13.2. The minimum Gasteiger partial charge on any atom is -0.486 e. The fourth-order valence-electron chi connectivity index (χ4n) is 5.09. The molecule has 0 bridgehead atoms. The van der Waals surface area contributed by atoms with Crippen molar-refractivity contribution in [2.45, 2.75) is 162 Å². The zero-order chi connectivity index (χ0) is 39.5. The third-order valence-electron chi connectivity index (χ3n) is 8.67. The molecule has 14 heteroatoms. The van der Waals surface area contributed by atoms with Gasteiger partial charge in [-0.2, -0.15) is 10.6 Å². The smallest absolute Gasteiger partial charge is 0.431 e. The predicted molar refractivity (Wildman–Crippen MR) is 201 cm³/mol. The summed E-state index contributed by atoms with van der Waals surface area (Å²) in [5.41, 5.74) is 1.22. The maximum Gasteiger partial charge on any atom is 0.431 e. The highest BCUT2D eigenvalue weighted by molar-refractivity contribution is 6.74. The molecule has 0 aliphatic carbocycles. The van der Waals surface area contributed by atoms with E-state index in [1.807, 2.05) is 49.8 Å². The molecule has 0 spiro atoms. The molecule has 1 aromatic carbocycles. The van der Waals surface area contributed by atoms with E-state index in [4.69, 9.17) is 28.2 Å². The molecule has 2 aromatic rings. The van der Waals surface area contributed by atoms with E-state index in [9.17, 15) is 14.4 Å². The highest BCUT2D eigenvalue weighted by atomic mass is 28.4. The number of esters is 1. The van der Waals surface area contributed by atoms with Crippen molar-refractivity contribution in [1.82, 2.24) is 20.6 Å². The molecule has 52 heavy (non-hydrogen) atoms. The van der Waals surface area contributed by atoms with Gasteiger partial charge in [-0.25, -0.2) is 19.2 Å². The number of carbonyl (C=O) groups excluding carboxylic acids is 3. The van der Waals surface area contributed by atoms with Gasteiger partial charge in [0.2, 0.25) is 5.60 Å². The van der Waals surface area contributed by atoms with Gasteiger partial charge in [0.25, 0.3) is 0 Å². The number of hydrogen-bond acceptors (Lipinski definition) is 10. The fourth-order valence-corrected chi connectivity index (χ4v) is 6.44. The summed E-state index contributed by atoms with van der Waals surface area (Å²) in [4.78, 5) is 44.2. The maximum atomic E-state index is 13.5. The number of aryl methyl sites for hydroxylation is 1. The Morgan fingerprint density at radius 1 is 0.885 bits per heavy atom. The number of rotatable bonds is 11. The number of fused-ring (bicyclic) bond motifs is 1. The van der Waals surface area contributed by atoms with Gasteiger partial charge in [-0.15, -0.1) is 0 Å². The van der Waals surface area contributed by atoms with Crippen LogP contribution in [0.25, 0.3) is 11.1 Å². The summed E-state index contributed by atoms with van der Waals surface area (Å²) in [7, 11) is -2.19. The van der Waals surface area contributed by atoms with Crippen LogP contribution in [0.3, 0.4) is 0 Å². The van der Waals surface area contributed by atoms with Crippen molar-refractivity contribution in [2.75, 3.05) is 6.54 Å². The Hall–Kier alpha value is -3.62. The lowest BCUT2D eigenvalue weighted by atomic mass is 9.89. The van der Waals surface area contributed by atoms with Crippen LogP contribution in [0.1, 0.15) is 102 Å². The molecular formula is C38H62N4O9Si. The minimum absolute atomic E-state index is 0.0261. The van der Waals surface area contributed by atoms with Crippen LogP contribution in [0, 0.1) is 0 Å². The number of amides is 2. The van der Waals surface area contributed by atoms with E-state index in [2.05, 4.69) is 49.8 Å². The van der Waals surface area contributed by atoms with E-state index in [0.717, 1.165) is 16.7 Å². The molecule has 3 rings (SSSR count). The largest absolute Gasteiger partial charge is 0.486 e. The van der Waals surface area contributed by atoms with Crippen LogP contribution >= 0.6 is 0 Å². The molecule has 2 amide bonds. The highest BCUT2D eigenvalue weighted by Crippen LogP contribution is 2.38. The first-order valence-electron chi connectivity index (χ1n) is 17.9. The fraction of sp³-hybridized carbons (Fsp3) is 0.684. The zero-order valence-corrected chi connectivity index (χ0v) is 34.9. The van der Waals surface area contributed by atoms with Crippen molar-refractivity contribution in [3.8, 4) is 16.9 Å². The second-order valence-corrected chi connectivity index (χ2v) is 22.9. The Labute approximate surface area is 310 Å². The Kier molecular flexibility index (Phi) is 13.0. The molecule has 1 aliphatic heterocycles. The van der Waals surface area contributed by atoms with Gasteiger partial charge in [-0.1, -0.05) is 26.8 Å². The number of ether oxygens (including phenoxy) is 4. The van der Waals surface area contributed by atoms with E-state index in [0.29, 0.717) is 25.1 Å². The van der Waals surface area contributed by atoms with E-state index >= 15 is 0 Å². The van der Waals surface area contributed by atoms with Crippen LogP contribution in [-0.4, -0.2) is 77.4 Å². The summed E-state index contributed by atoms with van der Waals surface area (Å²) in [6.07, 6.45) is 2.32. The summed E-state index contributed by atoms with van der Waals surface area (Å²) < 4.78 is 31.4. The third kappa shape index (κ3) is 12.5. The Balaban J connectivity index is 1.80. The summed E-state index contributed by atoms with van der Waals surface area (Å²) in [6, 6.07) is 5.84. The molecule has 0 unspecified atom stereocenters. The van der Waals surface area contributed by atoms with Gasteiger partial charge in [-0.3, -0.25) is 4.68 Å². The summed E-state index contributed by atoms with van der Waals surface area (Å²) in [5.74, 6) is -0.0789. The highest BCUT2D eigenvalue weighted by Gasteiger charge is 2.50. The summed E-state index contributed by atoms with van der Waals surface area (Å²) >= 11 is 0. The normalized spacial score (nSPS) is 17.2. The Morgan fingerprint density at radius 2 is 1.48 bits per heavy atom. The van der Waals surface area contributed by atoms with Crippen molar-refractivity contribution in [3.63, 3.8) is 0 Å². The number of aromatic nitrogens is 2. The first-order valence-corrected chi connectivity index (χ1v) is 20.9. The first kappa shape index (κ1) is 42.8. The average molecular weight is 747 g/mol. The van der Waals surface area contributed by atoms with Crippen LogP contribution in [0.15, 0.2) is 30.6 Å². The average Bonchev–Trinajstić information content (AvgIpc) is 3.43. The van der Waals surface area contributed by atoms with Gasteiger partial charge in [0, 0.05) is 18.3 Å². The molecule has 2 heterocycles. The summed E-state index contributed by atoms with van der Waals surface area (Å²) in [6.45, 7) is 29.1. The SMILES string of the molecule is CC(C)(C)OC(=O)NC[C@@H](Cn1cc(-c2ccc3c(c2)CC[C@H]([C@](C)(ONC(=O)OC(C)(C)C)C(=O)OC(C)(C)C)O3)cn1)O[Si](C)(C)C(C)(C)C. The molecule has 3 atom stereocenters. The van der Waals surface area contributed by atoms with Crippen LogP contribution < -0.4 is 15.5 Å². The maximum absolute atomic E-state index is 13.5. The monoisotopic (exact) mass is 746 g/mol. The van der Waals surface area contributed by atoms with Gasteiger partial charge in [-0.05, 0) is 123 Å². The van der Waals surface area contributed by atoms with Gasteiger partial charge in [0.05, 0.1) is 18.8 Å². The van der Waals surface area contributed by atoms with Gasteiger partial charge in [0.15, 0.2) is 8.32 Å². The second kappa shape index (κ2) is 15.8. The number of hydroxylamine groups is 1. The standard InChI is InChI=1S/C38H62N4O9Si/c1-34(2,3)47-31(43)38(13,51-41-33(45)49-36(7,8)9)30-19-17-26-20-25(16-18-29(26)46-30)27-21-40-42(23-27)24-28(50-52(14,15)37(10,11)12)22-39-32(44)48-35(4,5)6/h16,18,20-21,23,28,30H,17,19,22,24H2,1-15H3,(H,39,44)(H,41,45)/t28-,30+,38-/m0/s1. The van der Waals surface area contributed by atoms with Crippen molar-refractivity contribution in [3.05, 3.63) is 36.2 Å². The van der Waals surface area contributed by atoms with Crippen LogP contribution in [0.5, 0.6) is 5.75 Å². The number of nitrogens with zero attached hydrogens (tertiary/aromatic N) is 2. The van der Waals surface area contributed by atoms with Gasteiger partial charge < -0.3 is 28.7 Å². The van der Waals surface area contributed by atoms with Crippen molar-refractivity contribution < 1.29 is 42.6 Å². The van der Waals surface area contributed by atoms with Crippen LogP contribution in [0.4, 0.5) is 9.59 Å². The predicted octanol–water partition coefficient (Wildman–Crippen LogP) is 7.72. The number of nitrogens with one attached hydrogen (secondary N) is 2. The number of benzene rings is 1. The van der Waals surface area contributed by atoms with Gasteiger partial charge >= 0.3 is 18.2 Å². The quantitative estimate of drug-likeness (QED) is 0.101. The lowest BCUT2D eigenvalue weighted by molar-refractivity contribution is -0.205. The molecule has 0 fully saturated rings. The topological polar surface area (TPSA) is 148 Å². The lowest BCUT2D eigenvalue weighted by Crippen LogP contribution is -2.58. The molecule has 0 saturated heterocycles. The molecule has 0 radical (unpaired) electrons. The van der Waals surface area contributed by atoms with Gasteiger partial charge in [0.1, 0.15) is 28.7 Å². The first-order chi connectivity index (χ1) is 23.6. The van der Waals surface area contributed by atoms with Crippen molar-refractivity contribution >= 4 is 26.5 Å². The Morgan fingerprint density at radius 3 is 2.06 bits per heavy atom. The number of hydrogen-bond donors (Lipinski definition) is 2. The molecule has 1 aliphatic rings. The second-order valence-electron chi connectivity index (χ2n) is 18.1. The number of alkyl carbamates (subject to hydrolysis) is 1. The molecular weight excluding hydrogens is 685 g/mol. The Bertz CT molecular complexity index is 1560. The zero-order valence-electron chi connectivity index (χ0n) is 33.9. The van der Waals surface area contributed by atoms with E-state index in [1.165, 1.54) is 0 Å². The number of carbonyl (C=O) groups is 3. The van der Waals surface area contributed by atoms with Crippen LogP contribution in [-0.2, 0) is 41.2 Å². The molecule has 292 valence electrons. The minimum atomic E-state index is -2.19. The van der Waals surface area contributed by atoms with Crippen LogP contribution in [0.2, 0.25) is 18.1 Å². The van der Waals surface area contributed by atoms with E-state index < -0.39 is 55.0 Å².